The minimum atomic E-state index is -0.132. The summed E-state index contributed by atoms with van der Waals surface area (Å²) in [6, 6.07) is 19.3. The van der Waals surface area contributed by atoms with Gasteiger partial charge in [-0.25, -0.2) is 4.98 Å². The zero-order chi connectivity index (χ0) is 24.5. The lowest BCUT2D eigenvalue weighted by atomic mass is 9.98. The van der Waals surface area contributed by atoms with E-state index >= 15 is 0 Å². The first-order valence-corrected chi connectivity index (χ1v) is 11.8. The molecule has 0 aliphatic rings. The topological polar surface area (TPSA) is 68.0 Å². The number of benzene rings is 2. The van der Waals surface area contributed by atoms with Gasteiger partial charge < -0.3 is 9.73 Å². The molecule has 5 nitrogen and oxygen atoms in total. The molecule has 174 valence electrons. The highest BCUT2D eigenvalue weighted by Crippen LogP contribution is 2.33. The number of pyridine rings is 2. The van der Waals surface area contributed by atoms with E-state index in [-0.39, 0.29) is 11.5 Å². The van der Waals surface area contributed by atoms with E-state index in [0.717, 1.165) is 33.5 Å². The third kappa shape index (κ3) is 4.55. The van der Waals surface area contributed by atoms with Crippen LogP contribution in [0.25, 0.3) is 33.4 Å². The molecule has 1 N–H and O–H groups in total. The maximum Gasteiger partial charge on any atom is 0.196 e. The Morgan fingerprint density at radius 1 is 0.943 bits per heavy atom. The van der Waals surface area contributed by atoms with Crippen LogP contribution in [-0.2, 0) is 0 Å². The van der Waals surface area contributed by atoms with Crippen LogP contribution in [0.5, 0.6) is 0 Å². The maximum absolute atomic E-state index is 13.4. The first-order valence-electron chi connectivity index (χ1n) is 11.4. The van der Waals surface area contributed by atoms with Crippen molar-refractivity contribution >= 4 is 28.3 Å². The predicted molar refractivity (Wildman–Crippen MR) is 142 cm³/mol. The van der Waals surface area contributed by atoms with Crippen molar-refractivity contribution in [3.63, 3.8) is 0 Å². The zero-order valence-corrected chi connectivity index (χ0v) is 20.4. The van der Waals surface area contributed by atoms with Crippen LogP contribution in [0.3, 0.4) is 0 Å². The number of aromatic nitrogens is 2. The average Bonchev–Trinajstić information content (AvgIpc) is 2.88. The SMILES string of the molecule is Cc1cc(C(C)Nc2ccc(Cl)nc2)c2oc(-c3ccc(-c4cccnc4)cc3)c(C)c(=O)c2c1. The van der Waals surface area contributed by atoms with Gasteiger partial charge in [0.15, 0.2) is 5.43 Å². The number of rotatable bonds is 5. The first kappa shape index (κ1) is 22.8. The van der Waals surface area contributed by atoms with E-state index in [1.807, 2.05) is 75.5 Å². The summed E-state index contributed by atoms with van der Waals surface area (Å²) in [5.74, 6) is 0.575. The molecule has 0 aliphatic carbocycles. The van der Waals surface area contributed by atoms with Gasteiger partial charge in [0.05, 0.1) is 23.3 Å². The van der Waals surface area contributed by atoms with Crippen LogP contribution in [0.4, 0.5) is 5.69 Å². The molecule has 0 aliphatic heterocycles. The van der Waals surface area contributed by atoms with E-state index in [1.165, 1.54) is 0 Å². The minimum absolute atomic E-state index is 0.0251. The van der Waals surface area contributed by atoms with Crippen LogP contribution in [0.15, 0.2) is 88.5 Å². The van der Waals surface area contributed by atoms with Crippen LogP contribution < -0.4 is 10.7 Å². The Bertz CT molecular complexity index is 1560. The molecule has 0 spiro atoms. The Labute approximate surface area is 208 Å². The largest absolute Gasteiger partial charge is 0.455 e. The summed E-state index contributed by atoms with van der Waals surface area (Å²) in [6.45, 7) is 5.84. The number of hydrogen-bond acceptors (Lipinski definition) is 5. The standard InChI is InChI=1S/C29H24ClN3O2/c1-17-13-24(19(3)33-23-10-11-26(30)32-16-23)29-25(14-17)27(34)18(2)28(35-29)21-8-6-20(7-9-21)22-5-4-12-31-15-22/h4-16,19,33H,1-3H3. The Balaban J connectivity index is 1.59. The molecule has 6 heteroatoms. The Kier molecular flexibility index (Phi) is 6.10. The Morgan fingerprint density at radius 3 is 2.40 bits per heavy atom. The van der Waals surface area contributed by atoms with E-state index in [0.29, 0.717) is 27.4 Å². The normalized spacial score (nSPS) is 12.0. The lowest BCUT2D eigenvalue weighted by molar-refractivity contribution is 0.605. The molecule has 35 heavy (non-hydrogen) atoms. The highest BCUT2D eigenvalue weighted by Gasteiger charge is 2.19. The monoisotopic (exact) mass is 481 g/mol. The second kappa shape index (κ2) is 9.35. The third-order valence-electron chi connectivity index (χ3n) is 6.11. The fourth-order valence-electron chi connectivity index (χ4n) is 4.30. The third-order valence-corrected chi connectivity index (χ3v) is 6.33. The number of hydrogen-bond donors (Lipinski definition) is 1. The Hall–Kier alpha value is -3.96. The van der Waals surface area contributed by atoms with Crippen molar-refractivity contribution in [2.45, 2.75) is 26.8 Å². The molecule has 5 rings (SSSR count). The van der Waals surface area contributed by atoms with Crippen LogP contribution in [-0.4, -0.2) is 9.97 Å². The molecule has 2 aromatic carbocycles. The van der Waals surface area contributed by atoms with Crippen LogP contribution in [0.1, 0.15) is 29.7 Å². The lowest BCUT2D eigenvalue weighted by Crippen LogP contribution is -2.12. The second-order valence-electron chi connectivity index (χ2n) is 8.67. The van der Waals surface area contributed by atoms with Crippen molar-refractivity contribution in [3.8, 4) is 22.5 Å². The zero-order valence-electron chi connectivity index (χ0n) is 19.7. The van der Waals surface area contributed by atoms with E-state index in [1.54, 1.807) is 18.5 Å². The molecule has 0 saturated heterocycles. The highest BCUT2D eigenvalue weighted by molar-refractivity contribution is 6.29. The smallest absolute Gasteiger partial charge is 0.196 e. The number of aryl methyl sites for hydroxylation is 1. The quantitative estimate of drug-likeness (QED) is 0.265. The predicted octanol–water partition coefficient (Wildman–Crippen LogP) is 7.36. The number of nitrogens with one attached hydrogen (secondary N) is 1. The van der Waals surface area contributed by atoms with Gasteiger partial charge in [-0.05, 0) is 61.7 Å². The van der Waals surface area contributed by atoms with Crippen molar-refractivity contribution in [2.75, 3.05) is 5.32 Å². The number of nitrogens with zero attached hydrogens (tertiary/aromatic N) is 2. The fourth-order valence-corrected chi connectivity index (χ4v) is 4.41. The van der Waals surface area contributed by atoms with Crippen LogP contribution >= 0.6 is 11.6 Å². The molecule has 1 atom stereocenters. The van der Waals surface area contributed by atoms with Gasteiger partial charge in [0.2, 0.25) is 0 Å². The van der Waals surface area contributed by atoms with Crippen molar-refractivity contribution < 1.29 is 4.42 Å². The van der Waals surface area contributed by atoms with Gasteiger partial charge in [-0.3, -0.25) is 9.78 Å². The van der Waals surface area contributed by atoms with Crippen molar-refractivity contribution in [2.24, 2.45) is 0 Å². The van der Waals surface area contributed by atoms with E-state index < -0.39 is 0 Å². The van der Waals surface area contributed by atoms with Gasteiger partial charge in [0.25, 0.3) is 0 Å². The molecule has 0 fully saturated rings. The van der Waals surface area contributed by atoms with Gasteiger partial charge in [-0.1, -0.05) is 48.0 Å². The molecular formula is C29H24ClN3O2. The number of anilines is 1. The summed E-state index contributed by atoms with van der Waals surface area (Å²) in [5.41, 5.74) is 6.81. The van der Waals surface area contributed by atoms with Crippen LogP contribution in [0, 0.1) is 13.8 Å². The number of halogens is 1. The molecule has 1 unspecified atom stereocenters. The molecule has 5 aromatic rings. The minimum Gasteiger partial charge on any atom is -0.455 e. The highest BCUT2D eigenvalue weighted by atomic mass is 35.5. The second-order valence-corrected chi connectivity index (χ2v) is 9.06. The van der Waals surface area contributed by atoms with Gasteiger partial charge in [-0.15, -0.1) is 0 Å². The van der Waals surface area contributed by atoms with E-state index in [2.05, 4.69) is 21.4 Å². The van der Waals surface area contributed by atoms with Crippen molar-refractivity contribution in [1.29, 1.82) is 0 Å². The summed E-state index contributed by atoms with van der Waals surface area (Å²) in [4.78, 5) is 21.8. The van der Waals surface area contributed by atoms with E-state index in [9.17, 15) is 4.79 Å². The summed E-state index contributed by atoms with van der Waals surface area (Å²) in [5, 5.41) is 4.45. The Morgan fingerprint density at radius 2 is 1.71 bits per heavy atom. The molecule has 3 aromatic heterocycles. The van der Waals surface area contributed by atoms with Crippen LogP contribution in [0.2, 0.25) is 5.15 Å². The van der Waals surface area contributed by atoms with Gasteiger partial charge in [0, 0.05) is 29.1 Å². The first-order chi connectivity index (χ1) is 16.9. The van der Waals surface area contributed by atoms with Crippen molar-refractivity contribution in [1.82, 2.24) is 9.97 Å². The summed E-state index contributed by atoms with van der Waals surface area (Å²) >= 11 is 5.92. The molecule has 0 bridgehead atoms. The summed E-state index contributed by atoms with van der Waals surface area (Å²) < 4.78 is 6.48. The van der Waals surface area contributed by atoms with Gasteiger partial charge in [0.1, 0.15) is 16.5 Å². The fraction of sp³-hybridized carbons (Fsp3) is 0.138. The van der Waals surface area contributed by atoms with Gasteiger partial charge in [-0.2, -0.15) is 0 Å². The molecule has 0 amide bonds. The lowest BCUT2D eigenvalue weighted by Gasteiger charge is -2.18. The average molecular weight is 482 g/mol. The van der Waals surface area contributed by atoms with Gasteiger partial charge >= 0.3 is 0 Å². The number of fused-ring (bicyclic) bond motifs is 1. The summed E-state index contributed by atoms with van der Waals surface area (Å²) in [7, 11) is 0. The maximum atomic E-state index is 13.4. The summed E-state index contributed by atoms with van der Waals surface area (Å²) in [6.07, 6.45) is 5.27. The van der Waals surface area contributed by atoms with E-state index in [4.69, 9.17) is 16.0 Å². The van der Waals surface area contributed by atoms with Crippen molar-refractivity contribution in [3.05, 3.63) is 111 Å². The molecular weight excluding hydrogens is 458 g/mol. The molecule has 3 heterocycles. The molecule has 0 radical (unpaired) electrons. The molecule has 0 saturated carbocycles.